The van der Waals surface area contributed by atoms with Crippen molar-refractivity contribution in [1.82, 2.24) is 20.9 Å². The molecule has 0 unspecified atom stereocenters. The maximum Gasteiger partial charge on any atom is 0.408 e. The van der Waals surface area contributed by atoms with Gasteiger partial charge in [0.05, 0.1) is 12.1 Å². The first kappa shape index (κ1) is 28.2. The minimum atomic E-state index is -0.507. The zero-order chi connectivity index (χ0) is 21.2. The number of nitrogens with one attached hydrogen (secondary N) is 3. The number of carbonyl (C=O) groups is 1. The van der Waals surface area contributed by atoms with E-state index < -0.39 is 17.2 Å². The summed E-state index contributed by atoms with van der Waals surface area (Å²) in [6.45, 7) is 19.6. The lowest BCUT2D eigenvalue weighted by Crippen LogP contribution is -2.49. The third kappa shape index (κ3) is 13.2. The number of amides is 1. The number of aliphatic imine (C=N–C) groups is 1. The molecular weight excluding hydrogens is 481 g/mol. The van der Waals surface area contributed by atoms with E-state index in [9.17, 15) is 4.79 Å². The smallest absolute Gasteiger partial charge is 0.408 e. The molecule has 1 aliphatic rings. The van der Waals surface area contributed by atoms with E-state index in [0.29, 0.717) is 6.54 Å². The first-order chi connectivity index (χ1) is 13.0. The Balaban J connectivity index is 0.00000784. The van der Waals surface area contributed by atoms with Crippen molar-refractivity contribution in [2.24, 2.45) is 10.9 Å². The van der Waals surface area contributed by atoms with Gasteiger partial charge in [-0.15, -0.1) is 24.0 Å². The Hall–Kier alpha value is -0.770. The molecule has 1 fully saturated rings. The Labute approximate surface area is 195 Å². The Bertz CT molecular complexity index is 498. The predicted molar refractivity (Wildman–Crippen MR) is 132 cm³/mol. The highest BCUT2D eigenvalue weighted by molar-refractivity contribution is 14.0. The van der Waals surface area contributed by atoms with Crippen molar-refractivity contribution in [1.29, 1.82) is 0 Å². The summed E-state index contributed by atoms with van der Waals surface area (Å²) in [5, 5.41) is 9.63. The third-order valence-corrected chi connectivity index (χ3v) is 4.82. The van der Waals surface area contributed by atoms with Crippen LogP contribution in [0.25, 0.3) is 0 Å². The second-order valence-corrected chi connectivity index (χ2v) is 9.30. The normalized spacial score (nSPS) is 16.7. The van der Waals surface area contributed by atoms with Crippen molar-refractivity contribution in [2.45, 2.75) is 78.9 Å². The molecule has 1 saturated heterocycles. The van der Waals surface area contributed by atoms with Gasteiger partial charge in [-0.2, -0.15) is 0 Å². The summed E-state index contributed by atoms with van der Waals surface area (Å²) in [4.78, 5) is 19.2. The minimum Gasteiger partial charge on any atom is -0.444 e. The Kier molecular flexibility index (Phi) is 13.2. The van der Waals surface area contributed by atoms with Gasteiger partial charge in [0.2, 0.25) is 0 Å². The molecule has 0 radical (unpaired) electrons. The number of rotatable bonds is 8. The molecule has 0 aliphatic carbocycles. The van der Waals surface area contributed by atoms with Crippen LogP contribution in [0.2, 0.25) is 0 Å². The predicted octanol–water partition coefficient (Wildman–Crippen LogP) is 3.58. The lowest BCUT2D eigenvalue weighted by Gasteiger charge is -2.31. The molecule has 0 aromatic rings. The number of alkyl carbamates (subject to hydrolysis) is 1. The fourth-order valence-electron chi connectivity index (χ4n) is 3.22. The van der Waals surface area contributed by atoms with Crippen LogP contribution in [-0.4, -0.2) is 67.4 Å². The van der Waals surface area contributed by atoms with Gasteiger partial charge in [0, 0.05) is 13.1 Å². The Morgan fingerprint density at radius 3 is 2.24 bits per heavy atom. The summed E-state index contributed by atoms with van der Waals surface area (Å²) in [6.07, 6.45) is 3.33. The van der Waals surface area contributed by atoms with E-state index in [-0.39, 0.29) is 24.0 Å². The van der Waals surface area contributed by atoms with Gasteiger partial charge in [-0.3, -0.25) is 4.99 Å². The van der Waals surface area contributed by atoms with Crippen molar-refractivity contribution in [3.05, 3.63) is 0 Å². The van der Waals surface area contributed by atoms with Crippen LogP contribution in [0.3, 0.4) is 0 Å². The molecule has 1 rings (SSSR count). The van der Waals surface area contributed by atoms with Crippen LogP contribution in [0.5, 0.6) is 0 Å². The third-order valence-electron chi connectivity index (χ3n) is 4.82. The van der Waals surface area contributed by atoms with Gasteiger partial charge in [-0.25, -0.2) is 4.79 Å². The van der Waals surface area contributed by atoms with Gasteiger partial charge >= 0.3 is 6.09 Å². The summed E-state index contributed by atoms with van der Waals surface area (Å²) < 4.78 is 5.34. The first-order valence-corrected chi connectivity index (χ1v) is 10.8. The zero-order valence-electron chi connectivity index (χ0n) is 19.6. The van der Waals surface area contributed by atoms with Crippen LogP contribution in [0.1, 0.15) is 67.7 Å². The highest BCUT2D eigenvalue weighted by Gasteiger charge is 2.24. The average Bonchev–Trinajstić information content (AvgIpc) is 2.58. The number of halogens is 1. The number of hydrogen-bond acceptors (Lipinski definition) is 4. The molecule has 0 saturated carbocycles. The van der Waals surface area contributed by atoms with Gasteiger partial charge < -0.3 is 25.6 Å². The summed E-state index contributed by atoms with van der Waals surface area (Å²) in [5.74, 6) is 1.59. The summed E-state index contributed by atoms with van der Waals surface area (Å²) in [6, 6.07) is 0. The lowest BCUT2D eigenvalue weighted by atomic mass is 9.93. The van der Waals surface area contributed by atoms with Crippen LogP contribution >= 0.6 is 24.0 Å². The molecule has 1 aliphatic heterocycles. The monoisotopic (exact) mass is 525 g/mol. The number of ether oxygens (including phenoxy) is 1. The number of hydrogen-bond donors (Lipinski definition) is 3. The minimum absolute atomic E-state index is 0. The van der Waals surface area contributed by atoms with Crippen molar-refractivity contribution in [3.8, 4) is 0 Å². The van der Waals surface area contributed by atoms with Crippen molar-refractivity contribution in [3.63, 3.8) is 0 Å². The SMILES string of the molecule is CCNC(=NCC(C)(C)NC(=O)OC(C)(C)C)NCCC1CCN(CC)CC1.I. The summed E-state index contributed by atoms with van der Waals surface area (Å²) in [5.41, 5.74) is -0.995. The van der Waals surface area contributed by atoms with Gasteiger partial charge in [-0.05, 0) is 86.4 Å². The van der Waals surface area contributed by atoms with E-state index in [0.717, 1.165) is 31.5 Å². The molecule has 29 heavy (non-hydrogen) atoms. The molecule has 8 heteroatoms. The molecule has 0 atom stereocenters. The zero-order valence-corrected chi connectivity index (χ0v) is 21.9. The van der Waals surface area contributed by atoms with Crippen molar-refractivity contribution < 1.29 is 9.53 Å². The lowest BCUT2D eigenvalue weighted by molar-refractivity contribution is 0.0476. The topological polar surface area (TPSA) is 78.0 Å². The molecule has 0 bridgehead atoms. The van der Waals surface area contributed by atoms with Gasteiger partial charge in [0.25, 0.3) is 0 Å². The largest absolute Gasteiger partial charge is 0.444 e. The second kappa shape index (κ2) is 13.5. The highest BCUT2D eigenvalue weighted by atomic mass is 127. The highest BCUT2D eigenvalue weighted by Crippen LogP contribution is 2.19. The molecule has 1 amide bonds. The van der Waals surface area contributed by atoms with E-state index in [4.69, 9.17) is 4.74 Å². The fraction of sp³-hybridized carbons (Fsp3) is 0.905. The maximum absolute atomic E-state index is 12.0. The van der Waals surface area contributed by atoms with E-state index in [1.807, 2.05) is 34.6 Å². The summed E-state index contributed by atoms with van der Waals surface area (Å²) in [7, 11) is 0. The quantitative estimate of drug-likeness (QED) is 0.257. The Morgan fingerprint density at radius 1 is 1.10 bits per heavy atom. The molecule has 172 valence electrons. The standard InChI is InChI=1S/C21H43N5O2.HI/c1-8-22-18(23-13-10-17-11-14-26(9-2)15-12-17)24-16-21(6,7)25-19(27)28-20(3,4)5;/h17H,8-16H2,1-7H3,(H,25,27)(H2,22,23,24);1H. The molecule has 3 N–H and O–H groups in total. The fourth-order valence-corrected chi connectivity index (χ4v) is 3.22. The van der Waals surface area contributed by atoms with Crippen LogP contribution in [0.15, 0.2) is 4.99 Å². The van der Waals surface area contributed by atoms with Crippen molar-refractivity contribution >= 4 is 36.0 Å². The maximum atomic E-state index is 12.0. The molecule has 0 aromatic carbocycles. The van der Waals surface area contributed by atoms with Crippen LogP contribution in [0, 0.1) is 5.92 Å². The molecule has 7 nitrogen and oxygen atoms in total. The number of carbonyl (C=O) groups excluding carboxylic acids is 1. The number of piperidine rings is 1. The van der Waals surface area contributed by atoms with Crippen molar-refractivity contribution in [2.75, 3.05) is 39.3 Å². The first-order valence-electron chi connectivity index (χ1n) is 10.8. The van der Waals surface area contributed by atoms with E-state index in [1.54, 1.807) is 0 Å². The molecule has 0 spiro atoms. The number of likely N-dealkylation sites (tertiary alicyclic amines) is 1. The van der Waals surface area contributed by atoms with Gasteiger partial charge in [-0.1, -0.05) is 6.92 Å². The number of nitrogens with zero attached hydrogens (tertiary/aromatic N) is 2. The van der Waals surface area contributed by atoms with Gasteiger partial charge in [0.1, 0.15) is 5.60 Å². The Morgan fingerprint density at radius 2 is 1.72 bits per heavy atom. The van der Waals surface area contributed by atoms with E-state index >= 15 is 0 Å². The van der Waals surface area contributed by atoms with E-state index in [1.165, 1.54) is 32.4 Å². The average molecular weight is 526 g/mol. The summed E-state index contributed by atoms with van der Waals surface area (Å²) >= 11 is 0. The number of guanidine groups is 1. The molecule has 1 heterocycles. The van der Waals surface area contributed by atoms with Crippen LogP contribution < -0.4 is 16.0 Å². The van der Waals surface area contributed by atoms with Gasteiger partial charge in [0.15, 0.2) is 5.96 Å². The molecular formula is C21H44IN5O2. The van der Waals surface area contributed by atoms with E-state index in [2.05, 4.69) is 39.7 Å². The molecule has 0 aromatic heterocycles. The second-order valence-electron chi connectivity index (χ2n) is 9.30. The van der Waals surface area contributed by atoms with Crippen LogP contribution in [0.4, 0.5) is 4.79 Å². The van der Waals surface area contributed by atoms with Crippen LogP contribution in [-0.2, 0) is 4.74 Å².